The van der Waals surface area contributed by atoms with Crippen LogP contribution in [0.25, 0.3) is 0 Å². The van der Waals surface area contributed by atoms with E-state index in [9.17, 15) is 9.59 Å². The van der Waals surface area contributed by atoms with Crippen molar-refractivity contribution in [2.24, 2.45) is 0 Å². The van der Waals surface area contributed by atoms with Crippen LogP contribution in [-0.4, -0.2) is 48.4 Å². The van der Waals surface area contributed by atoms with Crippen LogP contribution in [0.3, 0.4) is 0 Å². The summed E-state index contributed by atoms with van der Waals surface area (Å²) < 4.78 is 0. The number of piperidine rings is 1. The number of carbonyl (C=O) groups is 2. The van der Waals surface area contributed by atoms with Crippen LogP contribution in [0.15, 0.2) is 54.6 Å². The van der Waals surface area contributed by atoms with E-state index < -0.39 is 0 Å². The number of benzene rings is 2. The zero-order valence-electron chi connectivity index (χ0n) is 19.2. The van der Waals surface area contributed by atoms with E-state index in [0.717, 1.165) is 38.0 Å². The number of nitrogens with zero attached hydrogens (tertiary/aromatic N) is 1. The molecular weight excluding hydrogens is 434 g/mol. The summed E-state index contributed by atoms with van der Waals surface area (Å²) in [7, 11) is 0. The normalized spacial score (nSPS) is 21.7. The van der Waals surface area contributed by atoms with Crippen LogP contribution < -0.4 is 10.6 Å². The Balaban J connectivity index is 1.18. The number of nitrogens with one attached hydrogen (secondary N) is 2. The number of likely N-dealkylation sites (tertiary alicyclic amines) is 1. The van der Waals surface area contributed by atoms with Crippen LogP contribution in [0.1, 0.15) is 55.6 Å². The highest BCUT2D eigenvalue weighted by Gasteiger charge is 2.37. The van der Waals surface area contributed by atoms with Crippen molar-refractivity contribution < 1.29 is 9.59 Å². The van der Waals surface area contributed by atoms with Gasteiger partial charge in [-0.15, -0.1) is 0 Å². The van der Waals surface area contributed by atoms with Gasteiger partial charge in [0.25, 0.3) is 0 Å². The smallest absolute Gasteiger partial charge is 0.220 e. The molecule has 2 heterocycles. The van der Waals surface area contributed by atoms with Crippen molar-refractivity contribution in [3.63, 3.8) is 0 Å². The van der Waals surface area contributed by atoms with Crippen LogP contribution in [0.5, 0.6) is 0 Å². The average molecular weight is 468 g/mol. The topological polar surface area (TPSA) is 61.4 Å². The predicted octanol–water partition coefficient (Wildman–Crippen LogP) is 4.31. The minimum Gasteiger partial charge on any atom is -0.355 e. The van der Waals surface area contributed by atoms with Crippen molar-refractivity contribution in [2.45, 2.75) is 56.4 Å². The first kappa shape index (κ1) is 23.8. The van der Waals surface area contributed by atoms with Crippen molar-refractivity contribution in [1.29, 1.82) is 0 Å². The lowest BCUT2D eigenvalue weighted by molar-refractivity contribution is -0.122. The van der Waals surface area contributed by atoms with Gasteiger partial charge in [-0.3, -0.25) is 9.59 Å². The largest absolute Gasteiger partial charge is 0.355 e. The molecular formula is C27H34ClN3O2. The zero-order chi connectivity index (χ0) is 23.1. The molecule has 2 aliphatic rings. The minimum absolute atomic E-state index is 0.0609. The van der Waals surface area contributed by atoms with Crippen molar-refractivity contribution in [1.82, 2.24) is 15.5 Å². The molecule has 33 heavy (non-hydrogen) atoms. The fourth-order valence-corrected chi connectivity index (χ4v) is 5.31. The van der Waals surface area contributed by atoms with Gasteiger partial charge in [-0.05, 0) is 74.4 Å². The Morgan fingerprint density at radius 3 is 2.48 bits per heavy atom. The molecule has 4 rings (SSSR count). The third-order valence-electron chi connectivity index (χ3n) is 7.13. The van der Waals surface area contributed by atoms with Gasteiger partial charge in [0.2, 0.25) is 11.8 Å². The second-order valence-electron chi connectivity index (χ2n) is 9.51. The fourth-order valence-electron chi connectivity index (χ4n) is 5.18. The average Bonchev–Trinajstić information content (AvgIpc) is 3.21. The molecule has 2 amide bonds. The molecule has 0 aliphatic carbocycles. The molecule has 0 spiro atoms. The van der Waals surface area contributed by atoms with Gasteiger partial charge in [0, 0.05) is 36.5 Å². The first-order chi connectivity index (χ1) is 16.0. The third kappa shape index (κ3) is 6.81. The molecule has 2 aromatic rings. The summed E-state index contributed by atoms with van der Waals surface area (Å²) in [5.41, 5.74) is 2.22. The Hall–Kier alpha value is -2.37. The van der Waals surface area contributed by atoms with Crippen molar-refractivity contribution in [3.05, 3.63) is 70.7 Å². The summed E-state index contributed by atoms with van der Waals surface area (Å²) in [5, 5.41) is 6.94. The molecule has 0 aromatic heterocycles. The van der Waals surface area contributed by atoms with Gasteiger partial charge < -0.3 is 15.5 Å². The summed E-state index contributed by atoms with van der Waals surface area (Å²) in [4.78, 5) is 27.0. The molecule has 0 radical (unpaired) electrons. The summed E-state index contributed by atoms with van der Waals surface area (Å²) in [5.74, 6) is 0.782. The lowest BCUT2D eigenvalue weighted by atomic mass is 9.85. The van der Waals surface area contributed by atoms with Crippen LogP contribution in [0, 0.1) is 0 Å². The lowest BCUT2D eigenvalue weighted by Crippen LogP contribution is -2.45. The van der Waals surface area contributed by atoms with E-state index in [-0.39, 0.29) is 17.4 Å². The van der Waals surface area contributed by atoms with E-state index in [1.165, 1.54) is 18.4 Å². The Labute approximate surface area is 201 Å². The van der Waals surface area contributed by atoms with Gasteiger partial charge in [-0.1, -0.05) is 54.1 Å². The molecule has 176 valence electrons. The van der Waals surface area contributed by atoms with Gasteiger partial charge in [0.05, 0.1) is 0 Å². The number of rotatable bonds is 9. The molecule has 1 atom stereocenters. The van der Waals surface area contributed by atoms with Crippen molar-refractivity contribution in [2.75, 3.05) is 26.2 Å². The second kappa shape index (κ2) is 11.2. The highest BCUT2D eigenvalue weighted by molar-refractivity contribution is 6.30. The van der Waals surface area contributed by atoms with Crippen LogP contribution in [0.4, 0.5) is 0 Å². The SMILES string of the molecule is O=C(CC[C@]1(Cc2ccc(Cl)cc2)CCC(=O)N1)NCCN1CCC(c2ccccc2)CC1. The van der Waals surface area contributed by atoms with E-state index in [1.807, 2.05) is 24.3 Å². The molecule has 2 aliphatic heterocycles. The number of hydrogen-bond acceptors (Lipinski definition) is 3. The Bertz CT molecular complexity index is 926. The predicted molar refractivity (Wildman–Crippen MR) is 132 cm³/mol. The monoisotopic (exact) mass is 467 g/mol. The van der Waals surface area contributed by atoms with Crippen molar-refractivity contribution >= 4 is 23.4 Å². The number of amides is 2. The first-order valence-electron chi connectivity index (χ1n) is 12.1. The van der Waals surface area contributed by atoms with Crippen molar-refractivity contribution in [3.8, 4) is 0 Å². The van der Waals surface area contributed by atoms with Gasteiger partial charge in [-0.2, -0.15) is 0 Å². The molecule has 0 bridgehead atoms. The Morgan fingerprint density at radius 2 is 1.82 bits per heavy atom. The minimum atomic E-state index is -0.346. The fraction of sp³-hybridized carbons (Fsp3) is 0.481. The quantitative estimate of drug-likeness (QED) is 0.577. The summed E-state index contributed by atoms with van der Waals surface area (Å²) >= 11 is 6.00. The molecule has 2 saturated heterocycles. The standard InChI is InChI=1S/C27H34ClN3O2/c28-24-8-6-21(7-9-24)20-27(15-11-26(33)30-27)14-10-25(32)29-16-19-31-17-12-23(13-18-31)22-4-2-1-3-5-22/h1-9,23H,10-20H2,(H,29,32)(H,30,33)/t27-/m1/s1. The first-order valence-corrected chi connectivity index (χ1v) is 12.5. The maximum Gasteiger partial charge on any atom is 0.220 e. The van der Waals surface area contributed by atoms with Crippen LogP contribution >= 0.6 is 11.6 Å². The van der Waals surface area contributed by atoms with E-state index in [0.29, 0.717) is 36.7 Å². The van der Waals surface area contributed by atoms with Gasteiger partial charge in [-0.25, -0.2) is 0 Å². The van der Waals surface area contributed by atoms with E-state index in [2.05, 4.69) is 45.9 Å². The molecule has 6 heteroatoms. The summed E-state index contributed by atoms with van der Waals surface area (Å²) in [6.45, 7) is 3.71. The van der Waals surface area contributed by atoms with E-state index >= 15 is 0 Å². The molecule has 2 fully saturated rings. The van der Waals surface area contributed by atoms with Gasteiger partial charge in [0.1, 0.15) is 0 Å². The van der Waals surface area contributed by atoms with E-state index in [4.69, 9.17) is 11.6 Å². The second-order valence-corrected chi connectivity index (χ2v) is 9.94. The molecule has 0 saturated carbocycles. The summed E-state index contributed by atoms with van der Waals surface area (Å²) in [6.07, 6.45) is 5.42. The molecule has 2 aromatic carbocycles. The van der Waals surface area contributed by atoms with Crippen LogP contribution in [-0.2, 0) is 16.0 Å². The number of hydrogen-bond donors (Lipinski definition) is 2. The van der Waals surface area contributed by atoms with Gasteiger partial charge >= 0.3 is 0 Å². The maximum atomic E-state index is 12.5. The van der Waals surface area contributed by atoms with Crippen LogP contribution in [0.2, 0.25) is 5.02 Å². The highest BCUT2D eigenvalue weighted by Crippen LogP contribution is 2.30. The number of halogens is 1. The molecule has 0 unspecified atom stereocenters. The Kier molecular flexibility index (Phi) is 8.05. The lowest BCUT2D eigenvalue weighted by Gasteiger charge is -2.32. The zero-order valence-corrected chi connectivity index (χ0v) is 19.9. The molecule has 5 nitrogen and oxygen atoms in total. The number of carbonyl (C=O) groups excluding carboxylic acids is 2. The van der Waals surface area contributed by atoms with Gasteiger partial charge in [0.15, 0.2) is 0 Å². The molecule has 2 N–H and O–H groups in total. The summed E-state index contributed by atoms with van der Waals surface area (Å²) in [6, 6.07) is 18.5. The maximum absolute atomic E-state index is 12.5. The third-order valence-corrected chi connectivity index (χ3v) is 7.38. The highest BCUT2D eigenvalue weighted by atomic mass is 35.5. The Morgan fingerprint density at radius 1 is 1.09 bits per heavy atom. The van der Waals surface area contributed by atoms with E-state index in [1.54, 1.807) is 0 Å².